The maximum atomic E-state index is 11.9. The first-order valence-corrected chi connectivity index (χ1v) is 5.83. The second kappa shape index (κ2) is 4.30. The first-order valence-electron chi connectivity index (χ1n) is 5.83. The van der Waals surface area contributed by atoms with Gasteiger partial charge in [-0.2, -0.15) is 0 Å². The van der Waals surface area contributed by atoms with Crippen LogP contribution in [0.4, 0.5) is 0 Å². The summed E-state index contributed by atoms with van der Waals surface area (Å²) in [5, 5.41) is 3.33. The number of nitrogens with one attached hydrogen (secondary N) is 1. The number of nitrogens with zero attached hydrogens (tertiary/aromatic N) is 1. The molecule has 1 unspecified atom stereocenters. The lowest BCUT2D eigenvalue weighted by Gasteiger charge is -2.32. The molecule has 0 aromatic rings. The Labute approximate surface area is 85.8 Å². The molecule has 0 radical (unpaired) electrons. The van der Waals surface area contributed by atoms with Gasteiger partial charge in [-0.1, -0.05) is 12.8 Å². The highest BCUT2D eigenvalue weighted by Gasteiger charge is 2.29. The van der Waals surface area contributed by atoms with Gasteiger partial charge in [0.1, 0.15) is 0 Å². The largest absolute Gasteiger partial charge is 0.340 e. The fourth-order valence-electron chi connectivity index (χ4n) is 2.14. The molecule has 1 atom stereocenters. The molecule has 0 spiro atoms. The zero-order valence-corrected chi connectivity index (χ0v) is 8.96. The van der Waals surface area contributed by atoms with E-state index in [0.29, 0.717) is 5.91 Å². The molecule has 1 aliphatic heterocycles. The van der Waals surface area contributed by atoms with E-state index in [1.54, 1.807) is 0 Å². The van der Waals surface area contributed by atoms with Gasteiger partial charge in [0.05, 0.1) is 6.04 Å². The van der Waals surface area contributed by atoms with Crippen LogP contribution in [0, 0.1) is 5.92 Å². The van der Waals surface area contributed by atoms with Gasteiger partial charge in [-0.3, -0.25) is 4.79 Å². The minimum Gasteiger partial charge on any atom is -0.340 e. The van der Waals surface area contributed by atoms with E-state index < -0.39 is 0 Å². The topological polar surface area (TPSA) is 32.3 Å². The van der Waals surface area contributed by atoms with Gasteiger partial charge in [-0.15, -0.1) is 0 Å². The summed E-state index contributed by atoms with van der Waals surface area (Å²) < 4.78 is 0. The fourth-order valence-corrected chi connectivity index (χ4v) is 2.14. The molecule has 1 N–H and O–H groups in total. The molecule has 1 amide bonds. The lowest BCUT2D eigenvalue weighted by atomic mass is 10.1. The van der Waals surface area contributed by atoms with Crippen LogP contribution in [-0.4, -0.2) is 36.5 Å². The third-order valence-electron chi connectivity index (χ3n) is 3.32. The summed E-state index contributed by atoms with van der Waals surface area (Å²) in [6.45, 7) is 4.77. The number of hydrogen-bond acceptors (Lipinski definition) is 2. The van der Waals surface area contributed by atoms with Gasteiger partial charge in [0, 0.05) is 19.6 Å². The minimum atomic E-state index is 0.115. The van der Waals surface area contributed by atoms with Crippen molar-refractivity contribution < 1.29 is 4.79 Å². The van der Waals surface area contributed by atoms with Gasteiger partial charge in [0.25, 0.3) is 0 Å². The number of hydrogen-bond donors (Lipinski definition) is 1. The van der Waals surface area contributed by atoms with Crippen LogP contribution in [-0.2, 0) is 4.79 Å². The molecule has 2 aliphatic rings. The van der Waals surface area contributed by atoms with Gasteiger partial charge in [0.15, 0.2) is 0 Å². The van der Waals surface area contributed by atoms with Crippen molar-refractivity contribution >= 4 is 5.91 Å². The second-order valence-electron chi connectivity index (χ2n) is 4.45. The molecule has 1 saturated heterocycles. The van der Waals surface area contributed by atoms with Crippen LogP contribution < -0.4 is 5.32 Å². The van der Waals surface area contributed by atoms with Crippen LogP contribution in [0.5, 0.6) is 0 Å². The SMILES string of the molecule is CCN1CCNC(CCC2CC2)C1=O. The Kier molecular flexibility index (Phi) is 3.06. The summed E-state index contributed by atoms with van der Waals surface area (Å²) in [7, 11) is 0. The zero-order valence-electron chi connectivity index (χ0n) is 8.96. The molecule has 0 aromatic carbocycles. The van der Waals surface area contributed by atoms with Crippen LogP contribution in [0.25, 0.3) is 0 Å². The lowest BCUT2D eigenvalue weighted by Crippen LogP contribution is -2.54. The van der Waals surface area contributed by atoms with Crippen molar-refractivity contribution in [3.05, 3.63) is 0 Å². The molecular weight excluding hydrogens is 176 g/mol. The number of amides is 1. The molecule has 14 heavy (non-hydrogen) atoms. The Morgan fingerprint density at radius 1 is 1.43 bits per heavy atom. The smallest absolute Gasteiger partial charge is 0.239 e. The standard InChI is InChI=1S/C11H20N2O/c1-2-13-8-7-12-10(11(13)14)6-5-9-3-4-9/h9-10,12H,2-8H2,1H3. The molecule has 2 rings (SSSR count). The highest BCUT2D eigenvalue weighted by Crippen LogP contribution is 2.34. The number of carbonyl (C=O) groups excluding carboxylic acids is 1. The van der Waals surface area contributed by atoms with Gasteiger partial charge in [0.2, 0.25) is 5.91 Å². The van der Waals surface area contributed by atoms with Gasteiger partial charge < -0.3 is 10.2 Å². The van der Waals surface area contributed by atoms with Crippen molar-refractivity contribution in [1.29, 1.82) is 0 Å². The van der Waals surface area contributed by atoms with Crippen LogP contribution in [0.1, 0.15) is 32.6 Å². The quantitative estimate of drug-likeness (QED) is 0.727. The van der Waals surface area contributed by atoms with Crippen molar-refractivity contribution in [3.63, 3.8) is 0 Å². The van der Waals surface area contributed by atoms with Gasteiger partial charge >= 0.3 is 0 Å². The monoisotopic (exact) mass is 196 g/mol. The van der Waals surface area contributed by atoms with Gasteiger partial charge in [-0.05, 0) is 25.7 Å². The van der Waals surface area contributed by atoms with Crippen LogP contribution >= 0.6 is 0 Å². The molecule has 1 heterocycles. The van der Waals surface area contributed by atoms with E-state index in [1.165, 1.54) is 19.3 Å². The van der Waals surface area contributed by atoms with E-state index in [0.717, 1.165) is 32.0 Å². The number of rotatable bonds is 4. The molecule has 0 aromatic heterocycles. The highest BCUT2D eigenvalue weighted by atomic mass is 16.2. The maximum absolute atomic E-state index is 11.9. The molecular formula is C11H20N2O. The van der Waals surface area contributed by atoms with E-state index in [2.05, 4.69) is 12.2 Å². The molecule has 80 valence electrons. The Bertz CT molecular complexity index is 213. The van der Waals surface area contributed by atoms with E-state index in [9.17, 15) is 4.79 Å². The summed E-state index contributed by atoms with van der Waals surface area (Å²) in [5.74, 6) is 1.25. The molecule has 1 aliphatic carbocycles. The van der Waals surface area contributed by atoms with Crippen molar-refractivity contribution in [1.82, 2.24) is 10.2 Å². The third kappa shape index (κ3) is 2.27. The summed E-state index contributed by atoms with van der Waals surface area (Å²) in [5.41, 5.74) is 0. The van der Waals surface area contributed by atoms with Crippen molar-refractivity contribution in [2.75, 3.05) is 19.6 Å². The molecule has 2 fully saturated rings. The molecule has 3 nitrogen and oxygen atoms in total. The van der Waals surface area contributed by atoms with Crippen LogP contribution in [0.3, 0.4) is 0 Å². The minimum absolute atomic E-state index is 0.115. The van der Waals surface area contributed by atoms with E-state index in [4.69, 9.17) is 0 Å². The maximum Gasteiger partial charge on any atom is 0.239 e. The van der Waals surface area contributed by atoms with Crippen molar-refractivity contribution in [3.8, 4) is 0 Å². The summed E-state index contributed by atoms with van der Waals surface area (Å²) >= 11 is 0. The average molecular weight is 196 g/mol. The first-order chi connectivity index (χ1) is 6.81. The van der Waals surface area contributed by atoms with Crippen molar-refractivity contribution in [2.45, 2.75) is 38.6 Å². The summed E-state index contributed by atoms with van der Waals surface area (Å²) in [6, 6.07) is 0.115. The van der Waals surface area contributed by atoms with Gasteiger partial charge in [-0.25, -0.2) is 0 Å². The summed E-state index contributed by atoms with van der Waals surface area (Å²) in [4.78, 5) is 13.8. The number of likely N-dealkylation sites (N-methyl/N-ethyl adjacent to an activating group) is 1. The average Bonchev–Trinajstić information content (AvgIpc) is 3.00. The predicted molar refractivity (Wildman–Crippen MR) is 56.0 cm³/mol. The third-order valence-corrected chi connectivity index (χ3v) is 3.32. The zero-order chi connectivity index (χ0) is 9.97. The molecule has 0 bridgehead atoms. The van der Waals surface area contributed by atoms with Crippen molar-refractivity contribution in [2.24, 2.45) is 5.92 Å². The highest BCUT2D eigenvalue weighted by molar-refractivity contribution is 5.82. The Balaban J connectivity index is 1.80. The normalized spacial score (nSPS) is 28.2. The Morgan fingerprint density at radius 2 is 2.21 bits per heavy atom. The number of carbonyl (C=O) groups is 1. The first kappa shape index (κ1) is 9.97. The van der Waals surface area contributed by atoms with E-state index in [1.807, 2.05) is 4.90 Å². The van der Waals surface area contributed by atoms with Crippen LogP contribution in [0.2, 0.25) is 0 Å². The summed E-state index contributed by atoms with van der Waals surface area (Å²) in [6.07, 6.45) is 5.05. The lowest BCUT2D eigenvalue weighted by molar-refractivity contribution is -0.135. The van der Waals surface area contributed by atoms with E-state index >= 15 is 0 Å². The molecule has 3 heteroatoms. The van der Waals surface area contributed by atoms with E-state index in [-0.39, 0.29) is 6.04 Å². The Hall–Kier alpha value is -0.570. The predicted octanol–water partition coefficient (Wildman–Crippen LogP) is 0.997. The number of piperazine rings is 1. The van der Waals surface area contributed by atoms with Crippen LogP contribution in [0.15, 0.2) is 0 Å². The molecule has 1 saturated carbocycles. The Morgan fingerprint density at radius 3 is 2.86 bits per heavy atom. The fraction of sp³-hybridized carbons (Fsp3) is 0.909. The second-order valence-corrected chi connectivity index (χ2v) is 4.45.